The van der Waals surface area contributed by atoms with Crippen LogP contribution in [-0.4, -0.2) is 22.6 Å². The van der Waals surface area contributed by atoms with Crippen LogP contribution in [0.1, 0.15) is 36.2 Å². The Labute approximate surface area is 134 Å². The van der Waals surface area contributed by atoms with Gasteiger partial charge in [-0.3, -0.25) is 9.89 Å². The van der Waals surface area contributed by atoms with E-state index in [-0.39, 0.29) is 5.78 Å². The molecule has 116 valence electrons. The molecule has 0 unspecified atom stereocenters. The first kappa shape index (κ1) is 14.0. The van der Waals surface area contributed by atoms with Crippen LogP contribution in [0.3, 0.4) is 0 Å². The number of nitrogens with zero attached hydrogens (tertiary/aromatic N) is 1. The summed E-state index contributed by atoms with van der Waals surface area (Å²) in [5, 5.41) is 8.34. The second-order valence-corrected chi connectivity index (χ2v) is 6.34. The number of aromatic amines is 1. The zero-order chi connectivity index (χ0) is 16.0. The minimum absolute atomic E-state index is 0.0136. The molecule has 0 bridgehead atoms. The largest absolute Gasteiger partial charge is 0.493 e. The molecule has 1 heterocycles. The number of hydrogen-bond donors (Lipinski definition) is 1. The third-order valence-corrected chi connectivity index (χ3v) is 4.30. The number of ether oxygens (including phenoxy) is 1. The molecule has 1 aliphatic carbocycles. The van der Waals surface area contributed by atoms with Crippen molar-refractivity contribution in [2.24, 2.45) is 5.92 Å². The van der Waals surface area contributed by atoms with Gasteiger partial charge in [-0.15, -0.1) is 0 Å². The van der Waals surface area contributed by atoms with E-state index in [0.29, 0.717) is 29.4 Å². The van der Waals surface area contributed by atoms with E-state index in [9.17, 15) is 4.79 Å². The van der Waals surface area contributed by atoms with Gasteiger partial charge in [0.2, 0.25) is 0 Å². The molecule has 0 saturated heterocycles. The summed E-state index contributed by atoms with van der Waals surface area (Å²) < 4.78 is 5.91. The Balaban J connectivity index is 1.85. The van der Waals surface area contributed by atoms with Gasteiger partial charge in [-0.05, 0) is 24.5 Å². The second-order valence-electron chi connectivity index (χ2n) is 6.34. The number of carbonyl (C=O) groups excluding carboxylic acids is 1. The van der Waals surface area contributed by atoms with Gasteiger partial charge in [-0.1, -0.05) is 38.1 Å². The maximum Gasteiger partial charge on any atom is 0.198 e. The number of fused-ring (bicyclic) bond motifs is 2. The lowest BCUT2D eigenvalue weighted by Crippen LogP contribution is -2.12. The van der Waals surface area contributed by atoms with Crippen LogP contribution < -0.4 is 4.74 Å². The molecule has 23 heavy (non-hydrogen) atoms. The highest BCUT2D eigenvalue weighted by molar-refractivity contribution is 6.26. The van der Waals surface area contributed by atoms with Crippen molar-refractivity contribution in [1.29, 1.82) is 0 Å². The average Bonchev–Trinajstić information content (AvgIpc) is 2.97. The van der Waals surface area contributed by atoms with Gasteiger partial charge in [0.05, 0.1) is 17.7 Å². The zero-order valence-corrected chi connectivity index (χ0v) is 13.2. The molecule has 0 spiro atoms. The molecule has 0 amide bonds. The van der Waals surface area contributed by atoms with Gasteiger partial charge in [0, 0.05) is 16.5 Å². The summed E-state index contributed by atoms with van der Waals surface area (Å²) in [6.07, 6.45) is 0.959. The highest BCUT2D eigenvalue weighted by atomic mass is 16.5. The molecule has 1 N–H and O–H groups in total. The Bertz CT molecular complexity index is 909. The fourth-order valence-electron chi connectivity index (χ4n) is 3.08. The molecule has 1 aliphatic rings. The lowest BCUT2D eigenvalue weighted by molar-refractivity contribution is 0.103. The summed E-state index contributed by atoms with van der Waals surface area (Å²) in [5.41, 5.74) is 3.89. The van der Waals surface area contributed by atoms with Gasteiger partial charge in [0.1, 0.15) is 11.4 Å². The molecule has 1 aromatic heterocycles. The molecule has 0 fully saturated rings. The predicted octanol–water partition coefficient (Wildman–Crippen LogP) is 4.20. The van der Waals surface area contributed by atoms with Crippen LogP contribution in [0.4, 0.5) is 0 Å². The highest BCUT2D eigenvalue weighted by Gasteiger charge is 2.30. The van der Waals surface area contributed by atoms with Gasteiger partial charge in [0.25, 0.3) is 0 Å². The standard InChI is InChI=1S/C19H18N2O2/c1-11(2)9-10-23-15-8-4-5-12-17(15)19(22)13-6-3-7-14-16(13)18(12)21-20-14/h3-8,11H,9-10H2,1-2H3,(H,20,21). The third kappa shape index (κ3) is 2.13. The molecule has 0 atom stereocenters. The van der Waals surface area contributed by atoms with E-state index in [0.717, 1.165) is 28.6 Å². The molecule has 4 nitrogen and oxygen atoms in total. The SMILES string of the molecule is CC(C)CCOc1cccc2c1C(=O)c1cccc3[nH]nc-2c13. The van der Waals surface area contributed by atoms with Crippen LogP contribution in [-0.2, 0) is 0 Å². The van der Waals surface area contributed by atoms with Crippen molar-refractivity contribution < 1.29 is 9.53 Å². The monoisotopic (exact) mass is 306 g/mol. The van der Waals surface area contributed by atoms with Crippen LogP contribution in [0.25, 0.3) is 22.2 Å². The molecule has 3 aromatic rings. The van der Waals surface area contributed by atoms with Crippen molar-refractivity contribution in [3.63, 3.8) is 0 Å². The first-order valence-electron chi connectivity index (χ1n) is 7.95. The van der Waals surface area contributed by atoms with Gasteiger partial charge < -0.3 is 4.74 Å². The van der Waals surface area contributed by atoms with Gasteiger partial charge in [-0.2, -0.15) is 5.10 Å². The van der Waals surface area contributed by atoms with Crippen molar-refractivity contribution in [2.45, 2.75) is 20.3 Å². The quantitative estimate of drug-likeness (QED) is 0.615. The van der Waals surface area contributed by atoms with E-state index >= 15 is 0 Å². The number of rotatable bonds is 4. The predicted molar refractivity (Wildman–Crippen MR) is 89.9 cm³/mol. The lowest BCUT2D eigenvalue weighted by Gasteiger charge is -2.18. The molecular weight excluding hydrogens is 288 g/mol. The van der Waals surface area contributed by atoms with E-state index < -0.39 is 0 Å². The van der Waals surface area contributed by atoms with Crippen molar-refractivity contribution in [3.8, 4) is 17.0 Å². The maximum atomic E-state index is 13.0. The third-order valence-electron chi connectivity index (χ3n) is 4.30. The van der Waals surface area contributed by atoms with Crippen molar-refractivity contribution in [2.75, 3.05) is 6.61 Å². The summed E-state index contributed by atoms with van der Waals surface area (Å²) in [7, 11) is 0. The number of aromatic nitrogens is 2. The number of benzene rings is 2. The Morgan fingerprint density at radius 2 is 1.91 bits per heavy atom. The molecule has 4 rings (SSSR count). The first-order valence-corrected chi connectivity index (χ1v) is 7.95. The maximum absolute atomic E-state index is 13.0. The number of carbonyl (C=O) groups is 1. The van der Waals surface area contributed by atoms with Gasteiger partial charge in [0.15, 0.2) is 5.78 Å². The summed E-state index contributed by atoms with van der Waals surface area (Å²) in [6.45, 7) is 4.93. The van der Waals surface area contributed by atoms with Crippen LogP contribution in [0.15, 0.2) is 36.4 Å². The fourth-order valence-corrected chi connectivity index (χ4v) is 3.08. The normalized spacial score (nSPS) is 12.7. The highest BCUT2D eigenvalue weighted by Crippen LogP contribution is 2.41. The molecule has 4 heteroatoms. The first-order chi connectivity index (χ1) is 11.2. The minimum atomic E-state index is 0.0136. The van der Waals surface area contributed by atoms with Crippen LogP contribution in [0.2, 0.25) is 0 Å². The number of nitrogens with one attached hydrogen (secondary N) is 1. The second kappa shape index (κ2) is 5.23. The van der Waals surface area contributed by atoms with Gasteiger partial charge >= 0.3 is 0 Å². The molecule has 0 saturated carbocycles. The number of H-pyrrole nitrogens is 1. The zero-order valence-electron chi connectivity index (χ0n) is 13.2. The summed E-state index contributed by atoms with van der Waals surface area (Å²) >= 11 is 0. The molecular formula is C19H18N2O2. The Hall–Kier alpha value is -2.62. The average molecular weight is 306 g/mol. The Kier molecular flexibility index (Phi) is 3.18. The van der Waals surface area contributed by atoms with E-state index in [1.165, 1.54) is 0 Å². The lowest BCUT2D eigenvalue weighted by atomic mass is 9.87. The summed E-state index contributed by atoms with van der Waals surface area (Å²) in [6, 6.07) is 11.4. The van der Waals surface area contributed by atoms with Crippen LogP contribution in [0, 0.1) is 5.92 Å². The summed E-state index contributed by atoms with van der Waals surface area (Å²) in [5.74, 6) is 1.23. The van der Waals surface area contributed by atoms with E-state index in [4.69, 9.17) is 4.74 Å². The Morgan fingerprint density at radius 1 is 1.13 bits per heavy atom. The van der Waals surface area contributed by atoms with Crippen LogP contribution >= 0.6 is 0 Å². The van der Waals surface area contributed by atoms with E-state index in [1.54, 1.807) is 0 Å². The molecule has 0 aliphatic heterocycles. The minimum Gasteiger partial charge on any atom is -0.493 e. The fraction of sp³-hybridized carbons (Fsp3) is 0.263. The van der Waals surface area contributed by atoms with E-state index in [2.05, 4.69) is 24.0 Å². The Morgan fingerprint density at radius 3 is 2.74 bits per heavy atom. The van der Waals surface area contributed by atoms with Crippen molar-refractivity contribution in [1.82, 2.24) is 10.2 Å². The van der Waals surface area contributed by atoms with E-state index in [1.807, 2.05) is 36.4 Å². The number of hydrogen-bond acceptors (Lipinski definition) is 3. The molecule has 0 radical (unpaired) electrons. The van der Waals surface area contributed by atoms with Crippen LogP contribution in [0.5, 0.6) is 5.75 Å². The van der Waals surface area contributed by atoms with Crippen molar-refractivity contribution in [3.05, 3.63) is 47.5 Å². The number of ketones is 1. The summed E-state index contributed by atoms with van der Waals surface area (Å²) in [4.78, 5) is 13.0. The smallest absolute Gasteiger partial charge is 0.198 e. The van der Waals surface area contributed by atoms with Crippen molar-refractivity contribution >= 4 is 16.7 Å². The van der Waals surface area contributed by atoms with Gasteiger partial charge in [-0.25, -0.2) is 0 Å². The molecule has 2 aromatic carbocycles. The topological polar surface area (TPSA) is 55.0 Å².